The lowest BCUT2D eigenvalue weighted by Crippen LogP contribution is -2.48. The molecule has 0 radical (unpaired) electrons. The number of aliphatic hydroxyl groups is 1. The minimum Gasteiger partial charge on any atom is -0.410 e. The minimum atomic E-state index is -0.962. The molecule has 272 valence electrons. The summed E-state index contributed by atoms with van der Waals surface area (Å²) in [6.07, 6.45) is -1.04. The summed E-state index contributed by atoms with van der Waals surface area (Å²) in [5.41, 5.74) is 5.08. The van der Waals surface area contributed by atoms with Crippen LogP contribution in [0.3, 0.4) is 0 Å². The second-order valence-corrected chi connectivity index (χ2v) is 14.4. The Bertz CT molecular complexity index is 1790. The molecule has 0 bridgehead atoms. The summed E-state index contributed by atoms with van der Waals surface area (Å²) in [5, 5.41) is 23.6. The first-order valence-electron chi connectivity index (χ1n) is 17.0. The number of hydrogen-bond acceptors (Lipinski definition) is 9. The summed E-state index contributed by atoms with van der Waals surface area (Å²) in [5.74, 6) is -0.0686. The fourth-order valence-electron chi connectivity index (χ4n) is 5.33. The fraction of sp³-hybridized carbons (Fsp3) is 0.385. The highest BCUT2D eigenvalue weighted by Crippen LogP contribution is 2.25. The van der Waals surface area contributed by atoms with Crippen molar-refractivity contribution in [2.45, 2.75) is 64.8 Å². The maximum atomic E-state index is 13.9. The monoisotopic (exact) mass is 714 g/mol. The molecule has 0 saturated carbocycles. The van der Waals surface area contributed by atoms with Gasteiger partial charge in [-0.25, -0.2) is 9.78 Å². The van der Waals surface area contributed by atoms with Crippen LogP contribution in [0.4, 0.5) is 10.5 Å². The molecule has 3 amide bonds. The molecule has 1 aromatic heterocycles. The van der Waals surface area contributed by atoms with E-state index in [1.165, 1.54) is 16.2 Å². The molecule has 0 fully saturated rings. The number of nitrogens with one attached hydrogen (secondary N) is 3. The van der Waals surface area contributed by atoms with Crippen molar-refractivity contribution in [2.24, 2.45) is 0 Å². The Morgan fingerprint density at radius 1 is 0.882 bits per heavy atom. The Hall–Kier alpha value is -4.78. The van der Waals surface area contributed by atoms with Gasteiger partial charge in [0.05, 0.1) is 18.2 Å². The van der Waals surface area contributed by atoms with Crippen molar-refractivity contribution >= 4 is 34.9 Å². The van der Waals surface area contributed by atoms with E-state index in [4.69, 9.17) is 4.74 Å². The van der Waals surface area contributed by atoms with E-state index in [2.05, 4.69) is 34.8 Å². The van der Waals surface area contributed by atoms with Crippen LogP contribution >= 0.6 is 11.3 Å². The summed E-state index contributed by atoms with van der Waals surface area (Å²) in [6.45, 7) is 8.50. The van der Waals surface area contributed by atoms with Crippen molar-refractivity contribution in [3.63, 3.8) is 0 Å². The number of carbonyl (C=O) groups excluding carboxylic acids is 3. The van der Waals surface area contributed by atoms with Crippen LogP contribution in [0.25, 0.3) is 0 Å². The number of thiazole rings is 1. The van der Waals surface area contributed by atoms with E-state index < -0.39 is 24.1 Å². The third-order valence-electron chi connectivity index (χ3n) is 8.30. The second kappa shape index (κ2) is 17.9. The van der Waals surface area contributed by atoms with Crippen LogP contribution in [0.2, 0.25) is 0 Å². The summed E-state index contributed by atoms with van der Waals surface area (Å²) in [4.78, 5) is 47.2. The lowest BCUT2D eigenvalue weighted by atomic mass is 9.99. The van der Waals surface area contributed by atoms with Crippen LogP contribution in [0, 0.1) is 6.92 Å². The number of ether oxygens (including phenoxy) is 1. The molecular formula is C39H50N6O5S. The molecule has 4 N–H and O–H groups in total. The molecule has 3 unspecified atom stereocenters. The number of hydrogen-bond donors (Lipinski definition) is 4. The van der Waals surface area contributed by atoms with Gasteiger partial charge < -0.3 is 35.6 Å². The Balaban J connectivity index is 1.51. The van der Waals surface area contributed by atoms with Gasteiger partial charge in [0.15, 0.2) is 0 Å². The number of rotatable bonds is 15. The first-order valence-corrected chi connectivity index (χ1v) is 17.9. The van der Waals surface area contributed by atoms with E-state index in [1.807, 2.05) is 80.7 Å². The Kier molecular flexibility index (Phi) is 13.7. The molecule has 4 rings (SSSR count). The molecule has 3 aromatic carbocycles. The minimum absolute atomic E-state index is 0.177. The quantitative estimate of drug-likeness (QED) is 0.124. The van der Waals surface area contributed by atoms with Gasteiger partial charge in [0, 0.05) is 69.2 Å². The van der Waals surface area contributed by atoms with Crippen molar-refractivity contribution in [1.82, 2.24) is 25.8 Å². The highest BCUT2D eigenvalue weighted by molar-refractivity contribution is 7.09. The number of aliphatic hydroxyl groups excluding tert-OH is 1. The number of aromatic nitrogens is 1. The highest BCUT2D eigenvalue weighted by Gasteiger charge is 2.24. The summed E-state index contributed by atoms with van der Waals surface area (Å²) >= 11 is 1.48. The third-order valence-corrected chi connectivity index (χ3v) is 9.45. The molecule has 1 heterocycles. The van der Waals surface area contributed by atoms with Gasteiger partial charge in [-0.1, -0.05) is 50.2 Å². The van der Waals surface area contributed by atoms with Crippen LogP contribution < -0.4 is 25.6 Å². The molecule has 11 nitrogen and oxygen atoms in total. The standard InChI is InChI=1S/C39H50N6O5S/c1-24(2)29-14-28(15-33(20-29)50-39(49)45(7)8)21-40-22-35(46)34(16-27-12-10-9-11-13-27)43-37(48)31-17-30(18-32(19-31)44(5)6)36(47)42-26(4)38-41-25(3)23-51-38/h9-15,17-20,23-24,26,34-35,40,46H,16,21-22H2,1-8H3,(H,42,47)(H,43,48). The van der Waals surface area contributed by atoms with Gasteiger partial charge in [-0.2, -0.15) is 0 Å². The normalized spacial score (nSPS) is 12.9. The van der Waals surface area contributed by atoms with Crippen LogP contribution in [0.5, 0.6) is 5.75 Å². The van der Waals surface area contributed by atoms with E-state index in [-0.39, 0.29) is 24.4 Å². The molecule has 0 saturated heterocycles. The number of carbonyl (C=O) groups is 3. The van der Waals surface area contributed by atoms with Gasteiger partial charge in [-0.15, -0.1) is 11.3 Å². The van der Waals surface area contributed by atoms with Gasteiger partial charge >= 0.3 is 6.09 Å². The summed E-state index contributed by atoms with van der Waals surface area (Å²) < 4.78 is 5.54. The smallest absolute Gasteiger partial charge is 0.410 e. The van der Waals surface area contributed by atoms with E-state index in [0.29, 0.717) is 35.5 Å². The average Bonchev–Trinajstić information content (AvgIpc) is 3.54. The second-order valence-electron chi connectivity index (χ2n) is 13.5. The van der Waals surface area contributed by atoms with Crippen molar-refractivity contribution in [3.05, 3.63) is 111 Å². The van der Waals surface area contributed by atoms with E-state index in [9.17, 15) is 19.5 Å². The topological polar surface area (TPSA) is 136 Å². The van der Waals surface area contributed by atoms with Gasteiger partial charge in [0.25, 0.3) is 11.8 Å². The number of amides is 3. The zero-order valence-corrected chi connectivity index (χ0v) is 31.5. The summed E-state index contributed by atoms with van der Waals surface area (Å²) in [7, 11) is 6.95. The number of aryl methyl sites for hydroxylation is 1. The zero-order chi connectivity index (χ0) is 37.2. The van der Waals surface area contributed by atoms with Crippen molar-refractivity contribution < 1.29 is 24.2 Å². The Morgan fingerprint density at radius 2 is 1.55 bits per heavy atom. The number of anilines is 1. The SMILES string of the molecule is Cc1csc(C(C)NC(=O)c2cc(C(=O)NC(Cc3ccccc3)C(O)CNCc3cc(OC(=O)N(C)C)cc(C(C)C)c3)cc(N(C)C)c2)n1. The van der Waals surface area contributed by atoms with E-state index in [0.717, 1.165) is 27.4 Å². The molecule has 0 aliphatic carbocycles. The predicted molar refractivity (Wildman–Crippen MR) is 203 cm³/mol. The van der Waals surface area contributed by atoms with Crippen molar-refractivity contribution in [1.29, 1.82) is 0 Å². The molecule has 0 aliphatic rings. The van der Waals surface area contributed by atoms with Gasteiger partial charge in [0.1, 0.15) is 10.8 Å². The van der Waals surface area contributed by atoms with Crippen LogP contribution in [0.15, 0.2) is 72.1 Å². The molecule has 12 heteroatoms. The Labute approximate surface area is 305 Å². The van der Waals surface area contributed by atoms with E-state index in [1.54, 1.807) is 38.4 Å². The largest absolute Gasteiger partial charge is 0.414 e. The molecule has 4 aromatic rings. The molecule has 3 atom stereocenters. The molecule has 0 spiro atoms. The van der Waals surface area contributed by atoms with Gasteiger partial charge in [-0.3, -0.25) is 9.59 Å². The van der Waals surface area contributed by atoms with Gasteiger partial charge in [-0.05, 0) is 73.2 Å². The fourth-order valence-corrected chi connectivity index (χ4v) is 6.13. The molecular weight excluding hydrogens is 665 g/mol. The first kappa shape index (κ1) is 39.0. The van der Waals surface area contributed by atoms with E-state index >= 15 is 0 Å². The van der Waals surface area contributed by atoms with Crippen molar-refractivity contribution in [3.8, 4) is 5.75 Å². The number of benzene rings is 3. The van der Waals surface area contributed by atoms with Crippen molar-refractivity contribution in [2.75, 3.05) is 39.6 Å². The van der Waals surface area contributed by atoms with Crippen LogP contribution in [-0.2, 0) is 13.0 Å². The van der Waals surface area contributed by atoms with Crippen LogP contribution in [0.1, 0.15) is 80.8 Å². The molecule has 51 heavy (non-hydrogen) atoms. The maximum absolute atomic E-state index is 13.9. The lowest BCUT2D eigenvalue weighted by molar-refractivity contribution is 0.0830. The molecule has 0 aliphatic heterocycles. The third kappa shape index (κ3) is 11.4. The average molecular weight is 715 g/mol. The lowest BCUT2D eigenvalue weighted by Gasteiger charge is -2.25. The van der Waals surface area contributed by atoms with Crippen LogP contribution in [-0.4, -0.2) is 79.8 Å². The predicted octanol–water partition coefficient (Wildman–Crippen LogP) is 5.68. The highest BCUT2D eigenvalue weighted by atomic mass is 32.1. The first-order chi connectivity index (χ1) is 24.2. The van der Waals surface area contributed by atoms with Gasteiger partial charge in [0.2, 0.25) is 0 Å². The summed E-state index contributed by atoms with van der Waals surface area (Å²) in [6, 6.07) is 19.5. The maximum Gasteiger partial charge on any atom is 0.414 e. The number of nitrogens with zero attached hydrogens (tertiary/aromatic N) is 3. The zero-order valence-electron chi connectivity index (χ0n) is 30.7. The Morgan fingerprint density at radius 3 is 2.14 bits per heavy atom.